The average Bonchev–Trinajstić information content (AvgIpc) is 2.82. The molecule has 3 rings (SSSR count). The standard InChI is InChI=1S/C18H18N2O6S2/c1-12-11-27(23,24)20(18(12)22)16-6-8-17(9-7-16)28(25,26)19-15-5-3-4-14(10-15)13(2)21/h3-10,12,19H,11H2,1-2H3/t12-/m0/s1. The molecule has 2 aromatic carbocycles. The number of hydrogen-bond acceptors (Lipinski definition) is 6. The molecule has 0 aromatic heterocycles. The van der Waals surface area contributed by atoms with E-state index in [0.29, 0.717) is 9.87 Å². The lowest BCUT2D eigenvalue weighted by Gasteiger charge is -2.16. The van der Waals surface area contributed by atoms with Crippen LogP contribution < -0.4 is 9.03 Å². The molecule has 28 heavy (non-hydrogen) atoms. The van der Waals surface area contributed by atoms with Gasteiger partial charge in [0, 0.05) is 11.3 Å². The fraction of sp³-hybridized carbons (Fsp3) is 0.222. The number of hydrogen-bond donors (Lipinski definition) is 1. The van der Waals surface area contributed by atoms with Crippen LogP contribution >= 0.6 is 0 Å². The summed E-state index contributed by atoms with van der Waals surface area (Å²) in [7, 11) is -7.72. The molecule has 0 unspecified atom stereocenters. The molecule has 1 aliphatic heterocycles. The van der Waals surface area contributed by atoms with Gasteiger partial charge in [-0.2, -0.15) is 0 Å². The number of nitrogens with zero attached hydrogens (tertiary/aromatic N) is 1. The van der Waals surface area contributed by atoms with Crippen molar-refractivity contribution in [3.63, 3.8) is 0 Å². The van der Waals surface area contributed by atoms with E-state index < -0.39 is 31.9 Å². The minimum atomic E-state index is -3.96. The average molecular weight is 422 g/mol. The molecular formula is C18H18N2O6S2. The van der Waals surface area contributed by atoms with Crippen LogP contribution in [-0.2, 0) is 24.8 Å². The van der Waals surface area contributed by atoms with Crippen molar-refractivity contribution in [2.24, 2.45) is 5.92 Å². The number of anilines is 2. The van der Waals surface area contributed by atoms with Crippen LogP contribution in [0.15, 0.2) is 53.4 Å². The molecule has 1 amide bonds. The molecule has 1 N–H and O–H groups in total. The normalized spacial score (nSPS) is 18.9. The van der Waals surface area contributed by atoms with E-state index >= 15 is 0 Å². The highest BCUT2D eigenvalue weighted by Crippen LogP contribution is 2.29. The summed E-state index contributed by atoms with van der Waals surface area (Å²) in [6, 6.07) is 11.0. The van der Waals surface area contributed by atoms with Crippen molar-refractivity contribution in [2.45, 2.75) is 18.7 Å². The first-order chi connectivity index (χ1) is 13.0. The smallest absolute Gasteiger partial charge is 0.261 e. The van der Waals surface area contributed by atoms with E-state index in [1.807, 2.05) is 0 Å². The largest absolute Gasteiger partial charge is 0.295 e. The van der Waals surface area contributed by atoms with Crippen molar-refractivity contribution in [1.82, 2.24) is 0 Å². The van der Waals surface area contributed by atoms with E-state index in [4.69, 9.17) is 0 Å². The fourth-order valence-corrected chi connectivity index (χ4v) is 5.73. The van der Waals surface area contributed by atoms with Gasteiger partial charge in [0.05, 0.1) is 22.3 Å². The number of nitrogens with one attached hydrogen (secondary N) is 1. The lowest BCUT2D eigenvalue weighted by atomic mass is 10.1. The van der Waals surface area contributed by atoms with Crippen LogP contribution in [0, 0.1) is 5.92 Å². The van der Waals surface area contributed by atoms with Crippen molar-refractivity contribution in [2.75, 3.05) is 14.8 Å². The van der Waals surface area contributed by atoms with Gasteiger partial charge in [-0.3, -0.25) is 14.3 Å². The van der Waals surface area contributed by atoms with Crippen LogP contribution in [-0.4, -0.2) is 34.3 Å². The molecule has 0 spiro atoms. The zero-order valence-corrected chi connectivity index (χ0v) is 16.7. The molecule has 2 aromatic rings. The zero-order valence-electron chi connectivity index (χ0n) is 15.1. The molecule has 1 atom stereocenters. The Hall–Kier alpha value is -2.72. The summed E-state index contributed by atoms with van der Waals surface area (Å²) in [6.07, 6.45) is 0. The maximum absolute atomic E-state index is 12.6. The molecule has 8 nitrogen and oxygen atoms in total. The highest BCUT2D eigenvalue weighted by molar-refractivity contribution is 7.94. The Morgan fingerprint density at radius 2 is 1.79 bits per heavy atom. The van der Waals surface area contributed by atoms with Gasteiger partial charge < -0.3 is 0 Å². The highest BCUT2D eigenvalue weighted by Gasteiger charge is 2.41. The van der Waals surface area contributed by atoms with Crippen LogP contribution in [0.5, 0.6) is 0 Å². The van der Waals surface area contributed by atoms with Crippen molar-refractivity contribution < 1.29 is 26.4 Å². The molecule has 0 aliphatic carbocycles. The molecule has 1 heterocycles. The minimum Gasteiger partial charge on any atom is -0.295 e. The molecule has 148 valence electrons. The molecule has 0 bridgehead atoms. The maximum Gasteiger partial charge on any atom is 0.261 e. The fourth-order valence-electron chi connectivity index (χ4n) is 2.86. The molecule has 0 radical (unpaired) electrons. The summed E-state index contributed by atoms with van der Waals surface area (Å²) < 4.78 is 52.5. The maximum atomic E-state index is 12.6. The topological polar surface area (TPSA) is 118 Å². The van der Waals surface area contributed by atoms with Crippen LogP contribution in [0.25, 0.3) is 0 Å². The van der Waals surface area contributed by atoms with Crippen molar-refractivity contribution >= 4 is 43.1 Å². The molecule has 10 heteroatoms. The Kier molecular flexibility index (Phi) is 5.02. The number of carbonyl (C=O) groups excluding carboxylic acids is 2. The SMILES string of the molecule is CC(=O)c1cccc(NS(=O)(=O)c2ccc(N3C(=O)[C@@H](C)CS3(=O)=O)cc2)c1. The predicted octanol–water partition coefficient (Wildman–Crippen LogP) is 2.00. The summed E-state index contributed by atoms with van der Waals surface area (Å²) in [5.41, 5.74) is 0.678. The summed E-state index contributed by atoms with van der Waals surface area (Å²) in [5, 5.41) is 0. The number of benzene rings is 2. The van der Waals surface area contributed by atoms with Crippen LogP contribution in [0.3, 0.4) is 0 Å². The Bertz CT molecular complexity index is 1150. The Morgan fingerprint density at radius 3 is 2.32 bits per heavy atom. The second-order valence-corrected chi connectivity index (χ2v) is 10.1. The number of Topliss-reactive ketones (excluding diaryl/α,β-unsaturated/α-hetero) is 1. The first kappa shape index (κ1) is 20.0. The van der Waals surface area contributed by atoms with Gasteiger partial charge in [-0.05, 0) is 43.3 Å². The third-order valence-electron chi connectivity index (χ3n) is 4.26. The second-order valence-electron chi connectivity index (χ2n) is 6.52. The molecular weight excluding hydrogens is 404 g/mol. The highest BCUT2D eigenvalue weighted by atomic mass is 32.2. The number of sulfonamides is 2. The lowest BCUT2D eigenvalue weighted by Crippen LogP contribution is -2.30. The van der Waals surface area contributed by atoms with E-state index in [9.17, 15) is 26.4 Å². The summed E-state index contributed by atoms with van der Waals surface area (Å²) in [5.74, 6) is -1.67. The van der Waals surface area contributed by atoms with Crippen molar-refractivity contribution in [3.8, 4) is 0 Å². The van der Waals surface area contributed by atoms with Gasteiger partial charge in [0.2, 0.25) is 15.9 Å². The van der Waals surface area contributed by atoms with Gasteiger partial charge in [0.15, 0.2) is 5.78 Å². The number of ketones is 1. The Balaban J connectivity index is 1.88. The molecule has 1 aliphatic rings. The Morgan fingerprint density at radius 1 is 1.14 bits per heavy atom. The second kappa shape index (κ2) is 7.02. The molecule has 1 fully saturated rings. The van der Waals surface area contributed by atoms with Crippen LogP contribution in [0.2, 0.25) is 0 Å². The van der Waals surface area contributed by atoms with Gasteiger partial charge in [0.25, 0.3) is 10.0 Å². The third-order valence-corrected chi connectivity index (χ3v) is 7.53. The van der Waals surface area contributed by atoms with Crippen LogP contribution in [0.1, 0.15) is 24.2 Å². The number of carbonyl (C=O) groups is 2. The zero-order chi connectivity index (χ0) is 20.7. The van der Waals surface area contributed by atoms with E-state index in [1.54, 1.807) is 12.1 Å². The lowest BCUT2D eigenvalue weighted by molar-refractivity contribution is -0.119. The van der Waals surface area contributed by atoms with Gasteiger partial charge in [-0.25, -0.2) is 21.1 Å². The third kappa shape index (κ3) is 3.78. The van der Waals surface area contributed by atoms with Crippen LogP contribution in [0.4, 0.5) is 11.4 Å². The predicted molar refractivity (Wildman–Crippen MR) is 104 cm³/mol. The quantitative estimate of drug-likeness (QED) is 0.737. The van der Waals surface area contributed by atoms with E-state index in [1.165, 1.54) is 50.2 Å². The first-order valence-corrected chi connectivity index (χ1v) is 11.4. The first-order valence-electron chi connectivity index (χ1n) is 8.32. The molecule has 0 saturated carbocycles. The van der Waals surface area contributed by atoms with E-state index in [2.05, 4.69) is 4.72 Å². The monoisotopic (exact) mass is 422 g/mol. The molecule has 1 saturated heterocycles. The summed E-state index contributed by atoms with van der Waals surface area (Å²) in [4.78, 5) is 23.5. The van der Waals surface area contributed by atoms with Gasteiger partial charge in [-0.15, -0.1) is 0 Å². The van der Waals surface area contributed by atoms with Crippen molar-refractivity contribution in [1.29, 1.82) is 0 Å². The Labute approximate surface area is 163 Å². The van der Waals surface area contributed by atoms with Gasteiger partial charge in [0.1, 0.15) is 0 Å². The number of amides is 1. The van der Waals surface area contributed by atoms with Gasteiger partial charge in [-0.1, -0.05) is 19.1 Å². The van der Waals surface area contributed by atoms with E-state index in [0.717, 1.165) is 0 Å². The summed E-state index contributed by atoms with van der Waals surface area (Å²) in [6.45, 7) is 2.90. The van der Waals surface area contributed by atoms with Gasteiger partial charge >= 0.3 is 0 Å². The van der Waals surface area contributed by atoms with E-state index in [-0.39, 0.29) is 27.8 Å². The minimum absolute atomic E-state index is 0.0897. The van der Waals surface area contributed by atoms with Crippen molar-refractivity contribution in [3.05, 3.63) is 54.1 Å². The summed E-state index contributed by atoms with van der Waals surface area (Å²) >= 11 is 0. The number of rotatable bonds is 5.